The van der Waals surface area contributed by atoms with Crippen molar-refractivity contribution in [2.45, 2.75) is 31.6 Å². The molecule has 2 unspecified atom stereocenters. The molecule has 0 saturated carbocycles. The molecule has 0 radical (unpaired) electrons. The fourth-order valence-corrected chi connectivity index (χ4v) is 1.84. The lowest BCUT2D eigenvalue weighted by molar-refractivity contribution is -0.136. The average molecular weight is 213 g/mol. The first-order valence-corrected chi connectivity index (χ1v) is 4.73. The molecule has 2 rings (SSSR count). The molecule has 6 heteroatoms. The maximum atomic E-state index is 13.1. The molecule has 15 heavy (non-hydrogen) atoms. The van der Waals surface area contributed by atoms with Gasteiger partial charge < -0.3 is 15.4 Å². The molecule has 82 valence electrons. The summed E-state index contributed by atoms with van der Waals surface area (Å²) in [4.78, 5) is 14.6. The molecular formula is C9H12FN3O2. The van der Waals surface area contributed by atoms with Crippen LogP contribution in [0.4, 0.5) is 4.39 Å². The van der Waals surface area contributed by atoms with Gasteiger partial charge in [-0.3, -0.25) is 4.79 Å². The van der Waals surface area contributed by atoms with Crippen molar-refractivity contribution in [3.63, 3.8) is 0 Å². The maximum absolute atomic E-state index is 13.1. The van der Waals surface area contributed by atoms with Gasteiger partial charge in [-0.15, -0.1) is 0 Å². The number of aliphatic carboxylic acids is 1. The molecule has 0 aromatic carbocycles. The molecule has 0 amide bonds. The summed E-state index contributed by atoms with van der Waals surface area (Å²) in [7, 11) is 0. The Morgan fingerprint density at radius 3 is 3.20 bits per heavy atom. The number of imidazole rings is 1. The summed E-state index contributed by atoms with van der Waals surface area (Å²) < 4.78 is 14.7. The van der Waals surface area contributed by atoms with Crippen LogP contribution in [0, 0.1) is 0 Å². The summed E-state index contributed by atoms with van der Waals surface area (Å²) in [6, 6.07) is -0.434. The van der Waals surface area contributed by atoms with E-state index in [1.807, 2.05) is 0 Å². The zero-order chi connectivity index (χ0) is 11.0. The number of hydrogen-bond donors (Lipinski definition) is 2. The van der Waals surface area contributed by atoms with Crippen LogP contribution in [-0.4, -0.2) is 26.8 Å². The molecule has 0 aliphatic carbocycles. The van der Waals surface area contributed by atoms with Gasteiger partial charge in [-0.1, -0.05) is 0 Å². The Hall–Kier alpha value is -1.43. The summed E-state index contributed by atoms with van der Waals surface area (Å²) >= 11 is 0. The standard InChI is InChI=1S/C9H12FN3O2/c10-5-1-7(11)9-12-6(2-8(14)15)4-13(9)3-5/h4-5,7H,1-3,11H2,(H,14,15). The predicted molar refractivity (Wildman–Crippen MR) is 50.0 cm³/mol. The normalized spacial score (nSPS) is 24.9. The molecule has 5 nitrogen and oxygen atoms in total. The molecule has 0 saturated heterocycles. The van der Waals surface area contributed by atoms with E-state index in [0.29, 0.717) is 11.5 Å². The summed E-state index contributed by atoms with van der Waals surface area (Å²) in [5.41, 5.74) is 6.14. The van der Waals surface area contributed by atoms with Crippen molar-refractivity contribution in [3.05, 3.63) is 17.7 Å². The smallest absolute Gasteiger partial charge is 0.309 e. The van der Waals surface area contributed by atoms with Crippen LogP contribution < -0.4 is 5.73 Å². The van der Waals surface area contributed by atoms with Crippen LogP contribution in [0.15, 0.2) is 6.20 Å². The number of aromatic nitrogens is 2. The number of nitrogens with zero attached hydrogens (tertiary/aromatic N) is 2. The first-order chi connectivity index (χ1) is 7.06. The van der Waals surface area contributed by atoms with Crippen LogP contribution in [-0.2, 0) is 17.8 Å². The van der Waals surface area contributed by atoms with E-state index in [1.54, 1.807) is 10.8 Å². The van der Waals surface area contributed by atoms with Crippen molar-refractivity contribution in [3.8, 4) is 0 Å². The topological polar surface area (TPSA) is 81.1 Å². The predicted octanol–water partition coefficient (Wildman–Crippen LogP) is 0.252. The number of carboxylic acids is 1. The van der Waals surface area contributed by atoms with Gasteiger partial charge in [0.05, 0.1) is 24.7 Å². The summed E-state index contributed by atoms with van der Waals surface area (Å²) in [5, 5.41) is 8.59. The molecule has 0 bridgehead atoms. The van der Waals surface area contributed by atoms with E-state index >= 15 is 0 Å². The summed E-state index contributed by atoms with van der Waals surface area (Å²) in [6.07, 6.45) is 0.696. The Bertz CT molecular complexity index is 391. The first-order valence-electron chi connectivity index (χ1n) is 4.73. The molecular weight excluding hydrogens is 201 g/mol. The van der Waals surface area contributed by atoms with Crippen molar-refractivity contribution in [2.24, 2.45) is 5.73 Å². The van der Waals surface area contributed by atoms with E-state index in [9.17, 15) is 9.18 Å². The molecule has 1 aliphatic rings. The van der Waals surface area contributed by atoms with Gasteiger partial charge in [0, 0.05) is 12.6 Å². The lowest BCUT2D eigenvalue weighted by atomic mass is 10.1. The van der Waals surface area contributed by atoms with Crippen molar-refractivity contribution in [1.82, 2.24) is 9.55 Å². The summed E-state index contributed by atoms with van der Waals surface area (Å²) in [6.45, 7) is 0.218. The Morgan fingerprint density at radius 2 is 2.53 bits per heavy atom. The van der Waals surface area contributed by atoms with Crippen molar-refractivity contribution in [1.29, 1.82) is 0 Å². The molecule has 1 aromatic heterocycles. The highest BCUT2D eigenvalue weighted by molar-refractivity contribution is 5.69. The lowest BCUT2D eigenvalue weighted by Crippen LogP contribution is -2.29. The molecule has 3 N–H and O–H groups in total. The minimum absolute atomic E-state index is 0.149. The van der Waals surface area contributed by atoms with Crippen LogP contribution in [0.25, 0.3) is 0 Å². The lowest BCUT2D eigenvalue weighted by Gasteiger charge is -2.22. The molecule has 1 aliphatic heterocycles. The van der Waals surface area contributed by atoms with Crippen molar-refractivity contribution < 1.29 is 14.3 Å². The minimum Gasteiger partial charge on any atom is -0.481 e. The van der Waals surface area contributed by atoms with Crippen LogP contribution in [0.3, 0.4) is 0 Å². The second kappa shape index (κ2) is 3.62. The Balaban J connectivity index is 2.26. The van der Waals surface area contributed by atoms with Crippen LogP contribution in [0.5, 0.6) is 0 Å². The number of carboxylic acid groups (broad SMARTS) is 1. The molecule has 1 aromatic rings. The second-order valence-corrected chi connectivity index (χ2v) is 3.75. The van der Waals surface area contributed by atoms with E-state index in [4.69, 9.17) is 10.8 Å². The fourth-order valence-electron chi connectivity index (χ4n) is 1.84. The van der Waals surface area contributed by atoms with Gasteiger partial charge in [-0.25, -0.2) is 9.37 Å². The zero-order valence-corrected chi connectivity index (χ0v) is 8.06. The van der Waals surface area contributed by atoms with Crippen molar-refractivity contribution >= 4 is 5.97 Å². The largest absolute Gasteiger partial charge is 0.481 e. The van der Waals surface area contributed by atoms with Gasteiger partial charge in [0.1, 0.15) is 12.0 Å². The van der Waals surface area contributed by atoms with E-state index in [0.717, 1.165) is 0 Å². The minimum atomic E-state index is -0.973. The van der Waals surface area contributed by atoms with E-state index in [2.05, 4.69) is 4.98 Å². The van der Waals surface area contributed by atoms with E-state index in [1.165, 1.54) is 0 Å². The zero-order valence-electron chi connectivity index (χ0n) is 8.06. The number of alkyl halides is 1. The third-order valence-corrected chi connectivity index (χ3v) is 2.43. The van der Waals surface area contributed by atoms with Gasteiger partial charge in [-0.2, -0.15) is 0 Å². The molecule has 0 spiro atoms. The SMILES string of the molecule is NC1CC(F)Cn2cc(CC(=O)O)nc21. The summed E-state index contributed by atoms with van der Waals surface area (Å²) in [5.74, 6) is -0.365. The third kappa shape index (κ3) is 1.99. The fraction of sp³-hybridized carbons (Fsp3) is 0.556. The van der Waals surface area contributed by atoms with Gasteiger partial charge in [0.25, 0.3) is 0 Å². The van der Waals surface area contributed by atoms with Crippen LogP contribution >= 0.6 is 0 Å². The monoisotopic (exact) mass is 213 g/mol. The highest BCUT2D eigenvalue weighted by Gasteiger charge is 2.26. The second-order valence-electron chi connectivity index (χ2n) is 3.75. The van der Waals surface area contributed by atoms with Crippen molar-refractivity contribution in [2.75, 3.05) is 0 Å². The Labute approximate surface area is 85.7 Å². The number of carbonyl (C=O) groups is 1. The Kier molecular flexibility index (Phi) is 2.44. The van der Waals surface area contributed by atoms with Gasteiger partial charge in [0.2, 0.25) is 0 Å². The highest BCUT2D eigenvalue weighted by atomic mass is 19.1. The Morgan fingerprint density at radius 1 is 1.80 bits per heavy atom. The number of halogens is 1. The van der Waals surface area contributed by atoms with E-state index < -0.39 is 18.2 Å². The third-order valence-electron chi connectivity index (χ3n) is 2.43. The molecule has 2 heterocycles. The van der Waals surface area contributed by atoms with Gasteiger partial charge in [-0.05, 0) is 0 Å². The quantitative estimate of drug-likeness (QED) is 0.738. The van der Waals surface area contributed by atoms with Crippen LogP contribution in [0.1, 0.15) is 24.0 Å². The first kappa shape index (κ1) is 10.1. The number of fused-ring (bicyclic) bond motifs is 1. The van der Waals surface area contributed by atoms with Gasteiger partial charge >= 0.3 is 5.97 Å². The molecule has 0 fully saturated rings. The number of rotatable bonds is 2. The number of hydrogen-bond acceptors (Lipinski definition) is 3. The van der Waals surface area contributed by atoms with Gasteiger partial charge in [0.15, 0.2) is 0 Å². The average Bonchev–Trinajstić information content (AvgIpc) is 2.45. The highest BCUT2D eigenvalue weighted by Crippen LogP contribution is 2.24. The molecule has 2 atom stereocenters. The van der Waals surface area contributed by atoms with Crippen LogP contribution in [0.2, 0.25) is 0 Å². The maximum Gasteiger partial charge on any atom is 0.309 e. The number of nitrogens with two attached hydrogens (primary N) is 1. The van der Waals surface area contributed by atoms with E-state index in [-0.39, 0.29) is 19.4 Å².